The molecular weight excluding hydrogens is 420 g/mol. The summed E-state index contributed by atoms with van der Waals surface area (Å²) in [4.78, 5) is 13.7. The van der Waals surface area contributed by atoms with E-state index in [4.69, 9.17) is 16.1 Å². The summed E-state index contributed by atoms with van der Waals surface area (Å²) in [6.07, 6.45) is -4.75. The summed E-state index contributed by atoms with van der Waals surface area (Å²) in [7, 11) is -3.73. The minimum absolute atomic E-state index is 0.133. The molecule has 0 aliphatic carbocycles. The van der Waals surface area contributed by atoms with Crippen molar-refractivity contribution in [2.75, 3.05) is 12.0 Å². The van der Waals surface area contributed by atoms with E-state index in [1.165, 1.54) is 36.4 Å². The molecule has 1 aromatic heterocycles. The standard InChI is InChI=1S/C17H13ClF3N2O4P/c1-28(24,25)27-13-8-10-2-7-15(23-16(10)14(18)9-13)22-11-3-5-12(6-4-11)26-17(19,20)21/h2-9H,1H3,(H,22,23)(H,24,25). The summed E-state index contributed by atoms with van der Waals surface area (Å²) in [6, 6.07) is 11.3. The minimum Gasteiger partial charge on any atom is -0.425 e. The Labute approximate surface area is 162 Å². The van der Waals surface area contributed by atoms with Crippen molar-refractivity contribution in [3.63, 3.8) is 0 Å². The Morgan fingerprint density at radius 2 is 1.79 bits per heavy atom. The molecule has 2 aromatic carbocycles. The Morgan fingerprint density at radius 1 is 1.11 bits per heavy atom. The molecule has 0 saturated carbocycles. The molecule has 1 heterocycles. The Bertz CT molecular complexity index is 1050. The van der Waals surface area contributed by atoms with Gasteiger partial charge in [0, 0.05) is 23.8 Å². The van der Waals surface area contributed by atoms with Gasteiger partial charge >= 0.3 is 14.0 Å². The summed E-state index contributed by atoms with van der Waals surface area (Å²) in [5.41, 5.74) is 0.907. The number of benzene rings is 2. The number of halogens is 4. The Hall–Kier alpha value is -2.48. The highest BCUT2D eigenvalue weighted by Gasteiger charge is 2.30. The average Bonchev–Trinajstić information content (AvgIpc) is 2.54. The molecule has 0 aliphatic heterocycles. The highest BCUT2D eigenvalue weighted by molar-refractivity contribution is 7.52. The van der Waals surface area contributed by atoms with Crippen LogP contribution in [0.2, 0.25) is 5.02 Å². The molecule has 0 fully saturated rings. The first kappa shape index (κ1) is 20.3. The lowest BCUT2D eigenvalue weighted by molar-refractivity contribution is -0.274. The maximum absolute atomic E-state index is 12.2. The van der Waals surface area contributed by atoms with Gasteiger partial charge in [-0.1, -0.05) is 11.6 Å². The van der Waals surface area contributed by atoms with Crippen LogP contribution in [0.15, 0.2) is 48.5 Å². The van der Waals surface area contributed by atoms with Gasteiger partial charge in [-0.2, -0.15) is 0 Å². The number of nitrogens with zero attached hydrogens (tertiary/aromatic N) is 1. The molecule has 0 spiro atoms. The minimum atomic E-state index is -4.75. The van der Waals surface area contributed by atoms with Gasteiger partial charge in [-0.25, -0.2) is 9.55 Å². The molecule has 0 aliphatic rings. The smallest absolute Gasteiger partial charge is 0.425 e. The summed E-state index contributed by atoms with van der Waals surface area (Å²) in [5, 5.41) is 3.73. The van der Waals surface area contributed by atoms with Crippen LogP contribution in [0.25, 0.3) is 10.9 Å². The molecule has 6 nitrogen and oxygen atoms in total. The predicted molar refractivity (Wildman–Crippen MR) is 99.5 cm³/mol. The fraction of sp³-hybridized carbons (Fsp3) is 0.118. The lowest BCUT2D eigenvalue weighted by atomic mass is 10.2. The van der Waals surface area contributed by atoms with Crippen LogP contribution in [0.4, 0.5) is 24.7 Å². The van der Waals surface area contributed by atoms with Crippen LogP contribution in [0.5, 0.6) is 11.5 Å². The third-order valence-corrected chi connectivity index (χ3v) is 4.19. The molecule has 148 valence electrons. The molecule has 0 saturated heterocycles. The van der Waals surface area contributed by atoms with Crippen molar-refractivity contribution in [1.29, 1.82) is 0 Å². The zero-order valence-corrected chi connectivity index (χ0v) is 15.8. The van der Waals surface area contributed by atoms with E-state index >= 15 is 0 Å². The van der Waals surface area contributed by atoms with E-state index in [1.807, 2.05) is 0 Å². The van der Waals surface area contributed by atoms with Gasteiger partial charge in [0.05, 0.1) is 10.5 Å². The Balaban J connectivity index is 1.81. The zero-order valence-electron chi connectivity index (χ0n) is 14.2. The van der Waals surface area contributed by atoms with Crippen molar-refractivity contribution in [1.82, 2.24) is 4.98 Å². The summed E-state index contributed by atoms with van der Waals surface area (Å²) in [6.45, 7) is 1.06. The van der Waals surface area contributed by atoms with Gasteiger partial charge in [0.15, 0.2) is 0 Å². The maximum Gasteiger partial charge on any atom is 0.573 e. The predicted octanol–water partition coefficient (Wildman–Crippen LogP) is 5.72. The number of alkyl halides is 3. The van der Waals surface area contributed by atoms with E-state index in [2.05, 4.69) is 15.0 Å². The number of anilines is 2. The summed E-state index contributed by atoms with van der Waals surface area (Å²) in [5.74, 6) is 0.196. The number of hydrogen-bond acceptors (Lipinski definition) is 5. The zero-order chi connectivity index (χ0) is 20.5. The fourth-order valence-electron chi connectivity index (χ4n) is 2.37. The highest BCUT2D eigenvalue weighted by atomic mass is 35.5. The van der Waals surface area contributed by atoms with E-state index in [1.54, 1.807) is 12.1 Å². The number of hydrogen-bond donors (Lipinski definition) is 2. The summed E-state index contributed by atoms with van der Waals surface area (Å²) >= 11 is 6.18. The van der Waals surface area contributed by atoms with Crippen LogP contribution < -0.4 is 14.6 Å². The number of aromatic nitrogens is 1. The van der Waals surface area contributed by atoms with E-state index in [9.17, 15) is 22.6 Å². The van der Waals surface area contributed by atoms with Gasteiger partial charge < -0.3 is 19.5 Å². The third kappa shape index (κ3) is 5.51. The first-order valence-corrected chi connectivity index (χ1v) is 10.1. The molecule has 3 rings (SSSR count). The van der Waals surface area contributed by atoms with Gasteiger partial charge in [-0.3, -0.25) is 0 Å². The molecule has 0 bridgehead atoms. The second kappa shape index (κ2) is 7.50. The van der Waals surface area contributed by atoms with Crippen molar-refractivity contribution >= 4 is 41.6 Å². The molecule has 28 heavy (non-hydrogen) atoms. The molecule has 3 aromatic rings. The molecule has 0 radical (unpaired) electrons. The molecule has 0 amide bonds. The molecule has 1 unspecified atom stereocenters. The topological polar surface area (TPSA) is 80.7 Å². The van der Waals surface area contributed by atoms with E-state index in [0.29, 0.717) is 22.4 Å². The SMILES string of the molecule is CP(=O)(O)Oc1cc(Cl)c2nc(Nc3ccc(OC(F)(F)F)cc3)ccc2c1. The highest BCUT2D eigenvalue weighted by Crippen LogP contribution is 2.40. The first-order valence-electron chi connectivity index (χ1n) is 7.71. The van der Waals surface area contributed by atoms with E-state index in [-0.39, 0.29) is 16.5 Å². The largest absolute Gasteiger partial charge is 0.573 e. The van der Waals surface area contributed by atoms with Crippen LogP contribution in [0.3, 0.4) is 0 Å². The average molecular weight is 433 g/mol. The molecule has 2 N–H and O–H groups in total. The maximum atomic E-state index is 12.2. The van der Waals surface area contributed by atoms with Gasteiger partial charge in [-0.15, -0.1) is 13.2 Å². The van der Waals surface area contributed by atoms with Crippen molar-refractivity contribution in [3.05, 3.63) is 53.6 Å². The lowest BCUT2D eigenvalue weighted by Crippen LogP contribution is -2.16. The van der Waals surface area contributed by atoms with E-state index in [0.717, 1.165) is 6.66 Å². The normalized spacial score (nSPS) is 13.8. The van der Waals surface area contributed by atoms with Gasteiger partial charge in [0.2, 0.25) is 0 Å². The fourth-order valence-corrected chi connectivity index (χ4v) is 3.13. The second-order valence-corrected chi connectivity index (χ2v) is 7.96. The monoisotopic (exact) mass is 432 g/mol. The summed E-state index contributed by atoms with van der Waals surface area (Å²) < 4.78 is 56.7. The molecule has 11 heteroatoms. The van der Waals surface area contributed by atoms with Crippen molar-refractivity contribution in [3.8, 4) is 11.5 Å². The quantitative estimate of drug-likeness (QED) is 0.502. The van der Waals surface area contributed by atoms with Crippen LogP contribution in [-0.2, 0) is 4.57 Å². The van der Waals surface area contributed by atoms with Crippen molar-refractivity contribution in [2.24, 2.45) is 0 Å². The lowest BCUT2D eigenvalue weighted by Gasteiger charge is -2.12. The number of pyridine rings is 1. The number of rotatable bonds is 5. The Kier molecular flexibility index (Phi) is 5.43. The van der Waals surface area contributed by atoms with Crippen molar-refractivity contribution in [2.45, 2.75) is 6.36 Å². The Morgan fingerprint density at radius 3 is 2.39 bits per heavy atom. The van der Waals surface area contributed by atoms with E-state index < -0.39 is 14.0 Å². The van der Waals surface area contributed by atoms with Crippen LogP contribution >= 0.6 is 19.2 Å². The number of fused-ring (bicyclic) bond motifs is 1. The van der Waals surface area contributed by atoms with Crippen LogP contribution in [0.1, 0.15) is 0 Å². The second-order valence-electron chi connectivity index (χ2n) is 5.76. The molecule has 1 atom stereocenters. The van der Waals surface area contributed by atoms with Gasteiger partial charge in [-0.05, 0) is 42.5 Å². The molecular formula is C17H13ClF3N2O4P. The van der Waals surface area contributed by atoms with Crippen molar-refractivity contribution < 1.29 is 31.9 Å². The third-order valence-electron chi connectivity index (χ3n) is 3.35. The van der Waals surface area contributed by atoms with Crippen LogP contribution in [0, 0.1) is 0 Å². The van der Waals surface area contributed by atoms with Gasteiger partial charge in [0.25, 0.3) is 0 Å². The van der Waals surface area contributed by atoms with Gasteiger partial charge in [0.1, 0.15) is 17.3 Å². The first-order chi connectivity index (χ1) is 13.0. The number of nitrogens with one attached hydrogen (secondary N) is 1. The van der Waals surface area contributed by atoms with Crippen LogP contribution in [-0.4, -0.2) is 22.9 Å². The number of ether oxygens (including phenoxy) is 1.